The summed E-state index contributed by atoms with van der Waals surface area (Å²) in [5.41, 5.74) is 2.15. The van der Waals surface area contributed by atoms with E-state index in [1.807, 2.05) is 36.4 Å². The Hall–Kier alpha value is -3.28. The third-order valence-corrected chi connectivity index (χ3v) is 4.06. The van der Waals surface area contributed by atoms with Gasteiger partial charge in [-0.3, -0.25) is 14.6 Å². The summed E-state index contributed by atoms with van der Waals surface area (Å²) in [7, 11) is 1.59. The van der Waals surface area contributed by atoms with Crippen molar-refractivity contribution in [1.82, 2.24) is 14.9 Å². The molecule has 0 saturated carbocycles. The number of aromatic nitrogens is 2. The van der Waals surface area contributed by atoms with Gasteiger partial charge in [0.15, 0.2) is 0 Å². The number of pyridine rings is 2. The second-order valence-corrected chi connectivity index (χ2v) is 7.56. The molecule has 0 aliphatic carbocycles. The Morgan fingerprint density at radius 3 is 2.43 bits per heavy atom. The molecule has 28 heavy (non-hydrogen) atoms. The fourth-order valence-corrected chi connectivity index (χ4v) is 2.87. The van der Waals surface area contributed by atoms with Gasteiger partial charge in [-0.1, -0.05) is 18.2 Å². The van der Waals surface area contributed by atoms with Crippen molar-refractivity contribution in [2.45, 2.75) is 26.4 Å². The lowest BCUT2D eigenvalue weighted by Gasteiger charge is -2.23. The van der Waals surface area contributed by atoms with Gasteiger partial charge in [-0.05, 0) is 45.0 Å². The number of hydrogen-bond acceptors (Lipinski definition) is 5. The lowest BCUT2D eigenvalue weighted by molar-refractivity contribution is -0.155. The smallest absolute Gasteiger partial charge is 0.326 e. The molecule has 6 nitrogen and oxygen atoms in total. The molecule has 6 heteroatoms. The van der Waals surface area contributed by atoms with Crippen molar-refractivity contribution >= 4 is 22.8 Å². The first kappa shape index (κ1) is 19.5. The molecule has 0 aliphatic heterocycles. The maximum atomic E-state index is 13.1. The van der Waals surface area contributed by atoms with Crippen LogP contribution >= 0.6 is 0 Å². The van der Waals surface area contributed by atoms with Crippen molar-refractivity contribution in [2.24, 2.45) is 0 Å². The van der Waals surface area contributed by atoms with E-state index in [-0.39, 0.29) is 12.5 Å². The van der Waals surface area contributed by atoms with Crippen LogP contribution in [0.1, 0.15) is 31.1 Å². The van der Waals surface area contributed by atoms with E-state index in [1.54, 1.807) is 46.3 Å². The van der Waals surface area contributed by atoms with Crippen LogP contribution in [0.15, 0.2) is 54.9 Å². The quantitative estimate of drug-likeness (QED) is 0.648. The van der Waals surface area contributed by atoms with Crippen LogP contribution in [0.25, 0.3) is 22.2 Å². The SMILES string of the molecule is CN(CC(=O)OC(C)(C)C)C(=O)c1cc(-c2ccncc2)nc2ccccc12. The molecule has 0 saturated heterocycles. The van der Waals surface area contributed by atoms with Crippen molar-refractivity contribution in [3.8, 4) is 11.3 Å². The lowest BCUT2D eigenvalue weighted by Crippen LogP contribution is -2.36. The summed E-state index contributed by atoms with van der Waals surface area (Å²) in [6.45, 7) is 5.26. The number of fused-ring (bicyclic) bond motifs is 1. The van der Waals surface area contributed by atoms with Gasteiger partial charge in [0.2, 0.25) is 0 Å². The van der Waals surface area contributed by atoms with E-state index in [4.69, 9.17) is 4.74 Å². The zero-order chi connectivity index (χ0) is 20.3. The van der Waals surface area contributed by atoms with E-state index in [1.165, 1.54) is 4.90 Å². The van der Waals surface area contributed by atoms with Gasteiger partial charge in [0.1, 0.15) is 12.1 Å². The first-order valence-electron chi connectivity index (χ1n) is 9.02. The summed E-state index contributed by atoms with van der Waals surface area (Å²) >= 11 is 0. The van der Waals surface area contributed by atoms with Crippen molar-refractivity contribution in [3.63, 3.8) is 0 Å². The Morgan fingerprint density at radius 1 is 1.07 bits per heavy atom. The van der Waals surface area contributed by atoms with E-state index >= 15 is 0 Å². The van der Waals surface area contributed by atoms with Crippen LogP contribution in [0, 0.1) is 0 Å². The molecule has 1 amide bonds. The zero-order valence-corrected chi connectivity index (χ0v) is 16.5. The molecule has 0 fully saturated rings. The van der Waals surface area contributed by atoms with Gasteiger partial charge in [-0.2, -0.15) is 0 Å². The number of amides is 1. The molecule has 0 radical (unpaired) electrons. The van der Waals surface area contributed by atoms with E-state index in [0.29, 0.717) is 16.8 Å². The highest BCUT2D eigenvalue weighted by Gasteiger charge is 2.22. The van der Waals surface area contributed by atoms with Gasteiger partial charge >= 0.3 is 5.97 Å². The predicted molar refractivity (Wildman–Crippen MR) is 108 cm³/mol. The molecule has 2 aromatic heterocycles. The number of benzene rings is 1. The monoisotopic (exact) mass is 377 g/mol. The Bertz CT molecular complexity index is 1010. The highest BCUT2D eigenvalue weighted by Crippen LogP contribution is 2.25. The van der Waals surface area contributed by atoms with Crippen LogP contribution in [-0.4, -0.2) is 45.9 Å². The van der Waals surface area contributed by atoms with Gasteiger partial charge in [-0.25, -0.2) is 4.98 Å². The minimum atomic E-state index is -0.598. The Morgan fingerprint density at radius 2 is 1.75 bits per heavy atom. The van der Waals surface area contributed by atoms with Crippen LogP contribution in [0.5, 0.6) is 0 Å². The second kappa shape index (κ2) is 7.76. The first-order chi connectivity index (χ1) is 13.2. The van der Waals surface area contributed by atoms with Gasteiger partial charge < -0.3 is 9.64 Å². The zero-order valence-electron chi connectivity index (χ0n) is 16.5. The average Bonchev–Trinajstić information content (AvgIpc) is 2.65. The summed E-state index contributed by atoms with van der Waals surface area (Å²) in [6, 6.07) is 12.9. The molecule has 0 bridgehead atoms. The van der Waals surface area contributed by atoms with E-state index < -0.39 is 11.6 Å². The number of carbonyl (C=O) groups is 2. The summed E-state index contributed by atoms with van der Waals surface area (Å²) in [5, 5.41) is 0.737. The summed E-state index contributed by atoms with van der Waals surface area (Å²) in [6.07, 6.45) is 3.37. The van der Waals surface area contributed by atoms with Crippen LogP contribution in [0.4, 0.5) is 0 Å². The highest BCUT2D eigenvalue weighted by atomic mass is 16.6. The number of ether oxygens (including phenoxy) is 1. The van der Waals surface area contributed by atoms with Gasteiger partial charge in [0, 0.05) is 30.4 Å². The number of para-hydroxylation sites is 1. The normalized spacial score (nSPS) is 11.3. The fraction of sp³-hybridized carbons (Fsp3) is 0.273. The third kappa shape index (κ3) is 4.52. The molecule has 0 unspecified atom stereocenters. The molecular formula is C22H23N3O3. The van der Waals surface area contributed by atoms with E-state index in [0.717, 1.165) is 10.9 Å². The minimum absolute atomic E-state index is 0.128. The minimum Gasteiger partial charge on any atom is -0.459 e. The van der Waals surface area contributed by atoms with Crippen molar-refractivity contribution in [3.05, 3.63) is 60.4 Å². The predicted octanol–water partition coefficient (Wildman–Crippen LogP) is 3.71. The van der Waals surface area contributed by atoms with E-state index in [2.05, 4.69) is 9.97 Å². The van der Waals surface area contributed by atoms with Gasteiger partial charge in [-0.15, -0.1) is 0 Å². The molecular weight excluding hydrogens is 354 g/mol. The van der Waals surface area contributed by atoms with Crippen molar-refractivity contribution < 1.29 is 14.3 Å². The molecule has 3 rings (SSSR count). The molecule has 0 atom stereocenters. The van der Waals surface area contributed by atoms with Crippen LogP contribution in [0.3, 0.4) is 0 Å². The van der Waals surface area contributed by atoms with Gasteiger partial charge in [0.25, 0.3) is 5.91 Å². The molecule has 0 N–H and O–H groups in total. The number of esters is 1. The maximum Gasteiger partial charge on any atom is 0.326 e. The van der Waals surface area contributed by atoms with Crippen LogP contribution in [-0.2, 0) is 9.53 Å². The molecule has 0 spiro atoms. The Balaban J connectivity index is 1.97. The summed E-state index contributed by atoms with van der Waals surface area (Å²) < 4.78 is 5.32. The molecule has 0 aliphatic rings. The molecule has 144 valence electrons. The molecule has 1 aromatic carbocycles. The standard InChI is InChI=1S/C22H23N3O3/c1-22(2,3)28-20(26)14-25(4)21(27)17-13-19(15-9-11-23-12-10-15)24-18-8-6-5-7-16(17)18/h5-13H,14H2,1-4H3. The highest BCUT2D eigenvalue weighted by molar-refractivity contribution is 6.07. The maximum absolute atomic E-state index is 13.1. The number of hydrogen-bond donors (Lipinski definition) is 0. The number of likely N-dealkylation sites (N-methyl/N-ethyl adjacent to an activating group) is 1. The number of nitrogens with zero attached hydrogens (tertiary/aromatic N) is 3. The van der Waals surface area contributed by atoms with Gasteiger partial charge in [0.05, 0.1) is 16.8 Å². The van der Waals surface area contributed by atoms with E-state index in [9.17, 15) is 9.59 Å². The van der Waals surface area contributed by atoms with Crippen LogP contribution in [0.2, 0.25) is 0 Å². The average molecular weight is 377 g/mol. The molecule has 3 aromatic rings. The molecule has 2 heterocycles. The number of rotatable bonds is 4. The van der Waals surface area contributed by atoms with Crippen molar-refractivity contribution in [2.75, 3.05) is 13.6 Å². The topological polar surface area (TPSA) is 72.4 Å². The Kier molecular flexibility index (Phi) is 5.40. The summed E-state index contributed by atoms with van der Waals surface area (Å²) in [5.74, 6) is -0.712. The summed E-state index contributed by atoms with van der Waals surface area (Å²) in [4.78, 5) is 35.3. The van der Waals surface area contributed by atoms with Crippen molar-refractivity contribution in [1.29, 1.82) is 0 Å². The lowest BCUT2D eigenvalue weighted by atomic mass is 10.0. The van der Waals surface area contributed by atoms with Crippen LogP contribution < -0.4 is 0 Å². The Labute approximate surface area is 164 Å². The third-order valence-electron chi connectivity index (χ3n) is 4.06. The first-order valence-corrected chi connectivity index (χ1v) is 9.02. The second-order valence-electron chi connectivity index (χ2n) is 7.56. The largest absolute Gasteiger partial charge is 0.459 e. The fourth-order valence-electron chi connectivity index (χ4n) is 2.87. The number of carbonyl (C=O) groups excluding carboxylic acids is 2.